The van der Waals surface area contributed by atoms with Crippen molar-refractivity contribution in [2.24, 2.45) is 0 Å². The summed E-state index contributed by atoms with van der Waals surface area (Å²) in [6.45, 7) is 2.65. The largest absolute Gasteiger partial charge is 0.438 e. The highest BCUT2D eigenvalue weighted by atomic mass is 16.5. The predicted octanol–water partition coefficient (Wildman–Crippen LogP) is 4.89. The number of carbonyl (C=O) groups is 1. The Morgan fingerprint density at radius 3 is 2.71 bits per heavy atom. The number of fused-ring (bicyclic) bond motifs is 1. The average Bonchev–Trinajstić information content (AvgIpc) is 2.80. The summed E-state index contributed by atoms with van der Waals surface area (Å²) in [6.07, 6.45) is 2.50. The first kappa shape index (κ1) is 20.2. The second-order valence-corrected chi connectivity index (χ2v) is 6.98. The van der Waals surface area contributed by atoms with E-state index >= 15 is 0 Å². The lowest BCUT2D eigenvalue weighted by molar-refractivity contribution is 0.0953. The Labute approximate surface area is 180 Å². The summed E-state index contributed by atoms with van der Waals surface area (Å²) in [5, 5.41) is 7.82. The lowest BCUT2D eigenvalue weighted by atomic mass is 10.1. The summed E-state index contributed by atoms with van der Waals surface area (Å²) < 4.78 is 6.02. The molecule has 0 atom stereocenters. The van der Waals surface area contributed by atoms with E-state index in [-0.39, 0.29) is 5.91 Å². The number of aromatic nitrogens is 2. The number of ether oxygens (including phenoxy) is 1. The van der Waals surface area contributed by atoms with Crippen LogP contribution in [0, 0.1) is 0 Å². The van der Waals surface area contributed by atoms with Crippen LogP contribution < -0.4 is 21.1 Å². The van der Waals surface area contributed by atoms with Gasteiger partial charge in [0.05, 0.1) is 0 Å². The van der Waals surface area contributed by atoms with Gasteiger partial charge in [0.15, 0.2) is 0 Å². The van der Waals surface area contributed by atoms with Crippen molar-refractivity contribution in [3.05, 3.63) is 78.5 Å². The van der Waals surface area contributed by atoms with Gasteiger partial charge in [0.25, 0.3) is 5.91 Å². The minimum Gasteiger partial charge on any atom is -0.438 e. The minimum atomic E-state index is -0.112. The van der Waals surface area contributed by atoms with E-state index in [4.69, 9.17) is 10.5 Å². The van der Waals surface area contributed by atoms with Crippen LogP contribution in [-0.2, 0) is 0 Å². The second kappa shape index (κ2) is 9.13. The van der Waals surface area contributed by atoms with Crippen molar-refractivity contribution in [3.8, 4) is 11.6 Å². The topological polar surface area (TPSA) is 102 Å². The van der Waals surface area contributed by atoms with Crippen molar-refractivity contribution in [1.82, 2.24) is 15.3 Å². The molecule has 0 spiro atoms. The monoisotopic (exact) mass is 413 g/mol. The molecule has 0 aliphatic rings. The van der Waals surface area contributed by atoms with Crippen LogP contribution in [0.4, 0.5) is 17.3 Å². The molecule has 4 N–H and O–H groups in total. The molecular weight excluding hydrogens is 390 g/mol. The number of nitrogens with two attached hydrogens (primary N) is 1. The zero-order valence-electron chi connectivity index (χ0n) is 17.1. The molecule has 0 bridgehead atoms. The van der Waals surface area contributed by atoms with E-state index in [0.717, 1.165) is 17.2 Å². The second-order valence-electron chi connectivity index (χ2n) is 6.98. The van der Waals surface area contributed by atoms with Crippen LogP contribution >= 0.6 is 0 Å². The number of hydrogen-bond donors (Lipinski definition) is 3. The standard InChI is InChI=1S/C24H23N5O2/c1-2-13-26-23(30)16-6-5-7-17(15-16)28-24-27-14-12-22(29-24)31-21-11-10-20(25)18-8-3-4-9-19(18)21/h3-12,14-15H,2,13,25H2,1H3,(H,26,30)(H,27,28,29). The van der Waals surface area contributed by atoms with Gasteiger partial charge in [0.2, 0.25) is 11.8 Å². The van der Waals surface area contributed by atoms with Crippen LogP contribution in [0.5, 0.6) is 11.6 Å². The fraction of sp³-hybridized carbons (Fsp3) is 0.125. The van der Waals surface area contributed by atoms with Gasteiger partial charge in [-0.15, -0.1) is 0 Å². The molecule has 0 aliphatic heterocycles. The van der Waals surface area contributed by atoms with E-state index in [2.05, 4.69) is 20.6 Å². The van der Waals surface area contributed by atoms with Gasteiger partial charge in [-0.1, -0.05) is 37.3 Å². The summed E-state index contributed by atoms with van der Waals surface area (Å²) >= 11 is 0. The van der Waals surface area contributed by atoms with Crippen LogP contribution in [0.25, 0.3) is 10.8 Å². The smallest absolute Gasteiger partial charge is 0.251 e. The zero-order valence-corrected chi connectivity index (χ0v) is 17.1. The Balaban J connectivity index is 1.54. The third-order valence-electron chi connectivity index (χ3n) is 4.68. The Hall–Kier alpha value is -4.13. The number of rotatable bonds is 7. The Bertz CT molecular complexity index is 1230. The van der Waals surface area contributed by atoms with Gasteiger partial charge >= 0.3 is 0 Å². The summed E-state index contributed by atoms with van der Waals surface area (Å²) in [5.41, 5.74) is 8.04. The normalized spacial score (nSPS) is 10.6. The molecule has 7 heteroatoms. The summed E-state index contributed by atoms with van der Waals surface area (Å²) in [5.74, 6) is 1.30. The van der Waals surface area contributed by atoms with E-state index in [1.807, 2.05) is 55.5 Å². The Morgan fingerprint density at radius 1 is 1.03 bits per heavy atom. The van der Waals surface area contributed by atoms with Crippen LogP contribution in [0.3, 0.4) is 0 Å². The lowest BCUT2D eigenvalue weighted by Crippen LogP contribution is -2.23. The number of amides is 1. The van der Waals surface area contributed by atoms with Crippen molar-refractivity contribution in [1.29, 1.82) is 0 Å². The zero-order chi connectivity index (χ0) is 21.6. The van der Waals surface area contributed by atoms with Gasteiger partial charge in [0.1, 0.15) is 5.75 Å². The van der Waals surface area contributed by atoms with E-state index in [1.54, 1.807) is 24.4 Å². The molecule has 0 unspecified atom stereocenters. The van der Waals surface area contributed by atoms with E-state index in [0.29, 0.717) is 41.1 Å². The number of benzene rings is 3. The molecule has 4 aromatic rings. The molecule has 3 aromatic carbocycles. The first-order chi connectivity index (χ1) is 15.1. The molecule has 0 fully saturated rings. The molecular formula is C24H23N5O2. The molecule has 0 saturated heterocycles. The Kier molecular flexibility index (Phi) is 5.93. The molecule has 1 aromatic heterocycles. The van der Waals surface area contributed by atoms with Gasteiger partial charge in [0, 0.05) is 46.5 Å². The van der Waals surface area contributed by atoms with Gasteiger partial charge < -0.3 is 21.1 Å². The summed E-state index contributed by atoms with van der Waals surface area (Å²) in [4.78, 5) is 20.9. The predicted molar refractivity (Wildman–Crippen MR) is 123 cm³/mol. The number of hydrogen-bond acceptors (Lipinski definition) is 6. The molecule has 1 amide bonds. The van der Waals surface area contributed by atoms with Crippen molar-refractivity contribution in [2.45, 2.75) is 13.3 Å². The number of carbonyl (C=O) groups excluding carboxylic acids is 1. The quantitative estimate of drug-likeness (QED) is 0.373. The average molecular weight is 413 g/mol. The molecule has 0 radical (unpaired) electrons. The van der Waals surface area contributed by atoms with E-state index in [1.165, 1.54) is 0 Å². The fourth-order valence-electron chi connectivity index (χ4n) is 3.16. The van der Waals surface area contributed by atoms with Crippen LogP contribution in [0.1, 0.15) is 23.7 Å². The maximum absolute atomic E-state index is 12.2. The highest BCUT2D eigenvalue weighted by molar-refractivity contribution is 5.97. The third-order valence-corrected chi connectivity index (χ3v) is 4.68. The van der Waals surface area contributed by atoms with E-state index < -0.39 is 0 Å². The van der Waals surface area contributed by atoms with Crippen molar-refractivity contribution < 1.29 is 9.53 Å². The SMILES string of the molecule is CCCNC(=O)c1cccc(Nc2nccc(Oc3ccc(N)c4ccccc34)n2)c1. The van der Waals surface area contributed by atoms with Gasteiger partial charge in [-0.25, -0.2) is 4.98 Å². The third kappa shape index (κ3) is 4.72. The van der Waals surface area contributed by atoms with Crippen molar-refractivity contribution in [3.63, 3.8) is 0 Å². The fourth-order valence-corrected chi connectivity index (χ4v) is 3.16. The maximum atomic E-state index is 12.2. The summed E-state index contributed by atoms with van der Waals surface area (Å²) in [6, 6.07) is 20.3. The lowest BCUT2D eigenvalue weighted by Gasteiger charge is -2.11. The van der Waals surface area contributed by atoms with Crippen LogP contribution in [0.15, 0.2) is 72.9 Å². The highest BCUT2D eigenvalue weighted by Crippen LogP contribution is 2.32. The molecule has 31 heavy (non-hydrogen) atoms. The molecule has 4 rings (SSSR count). The first-order valence-electron chi connectivity index (χ1n) is 10.1. The van der Waals surface area contributed by atoms with Crippen LogP contribution in [-0.4, -0.2) is 22.4 Å². The summed E-state index contributed by atoms with van der Waals surface area (Å²) in [7, 11) is 0. The molecule has 156 valence electrons. The van der Waals surface area contributed by atoms with Gasteiger partial charge in [-0.3, -0.25) is 4.79 Å². The first-order valence-corrected chi connectivity index (χ1v) is 10.1. The van der Waals surface area contributed by atoms with Crippen LogP contribution in [0.2, 0.25) is 0 Å². The molecule has 0 saturated carbocycles. The highest BCUT2D eigenvalue weighted by Gasteiger charge is 2.09. The minimum absolute atomic E-state index is 0.112. The van der Waals surface area contributed by atoms with Crippen molar-refractivity contribution in [2.75, 3.05) is 17.6 Å². The van der Waals surface area contributed by atoms with Gasteiger partial charge in [-0.2, -0.15) is 4.98 Å². The number of anilines is 3. The van der Waals surface area contributed by atoms with E-state index in [9.17, 15) is 4.79 Å². The molecule has 7 nitrogen and oxygen atoms in total. The Morgan fingerprint density at radius 2 is 1.87 bits per heavy atom. The number of nitrogens with zero attached hydrogens (tertiary/aromatic N) is 2. The maximum Gasteiger partial charge on any atom is 0.251 e. The van der Waals surface area contributed by atoms with Crippen molar-refractivity contribution >= 4 is 34.0 Å². The number of nitrogen functional groups attached to an aromatic ring is 1. The molecule has 1 heterocycles. The number of nitrogens with one attached hydrogen (secondary N) is 2. The van der Waals surface area contributed by atoms with Gasteiger partial charge in [-0.05, 0) is 36.8 Å². The molecule has 0 aliphatic carbocycles.